The first-order chi connectivity index (χ1) is 8.70. The number of benzene rings is 1. The van der Waals surface area contributed by atoms with E-state index in [9.17, 15) is 9.90 Å². The van der Waals surface area contributed by atoms with E-state index in [1.54, 1.807) is 0 Å². The molecule has 1 aliphatic carbocycles. The van der Waals surface area contributed by atoms with Crippen molar-refractivity contribution in [1.29, 1.82) is 0 Å². The first kappa shape index (κ1) is 15.3. The quantitative estimate of drug-likeness (QED) is 0.737. The summed E-state index contributed by atoms with van der Waals surface area (Å²) in [6, 6.07) is 9.62. The fraction of sp³-hybridized carbons (Fsp3) is 0.500. The third-order valence-electron chi connectivity index (χ3n) is 4.00. The Morgan fingerprint density at radius 1 is 1.42 bits per heavy atom. The Hall–Kier alpha value is -0.0600. The second-order valence-electron chi connectivity index (χ2n) is 5.55. The van der Waals surface area contributed by atoms with Crippen LogP contribution in [-0.4, -0.2) is 15.9 Å². The van der Waals surface area contributed by atoms with Crippen LogP contribution >= 0.6 is 43.5 Å². The molecule has 1 aromatic carbocycles. The maximum atomic E-state index is 11.3. The van der Waals surface area contributed by atoms with E-state index >= 15 is 0 Å². The van der Waals surface area contributed by atoms with Crippen LogP contribution in [0.4, 0.5) is 0 Å². The molecule has 0 bridgehead atoms. The van der Waals surface area contributed by atoms with Gasteiger partial charge >= 0.3 is 5.97 Å². The molecule has 0 radical (unpaired) electrons. The van der Waals surface area contributed by atoms with Crippen LogP contribution in [0.25, 0.3) is 0 Å². The van der Waals surface area contributed by atoms with E-state index in [0.29, 0.717) is 0 Å². The molecule has 4 atom stereocenters. The van der Waals surface area contributed by atoms with Gasteiger partial charge in [0, 0.05) is 0 Å². The molecule has 1 N–H and O–H groups in total. The van der Waals surface area contributed by atoms with Crippen molar-refractivity contribution in [3.05, 3.63) is 35.9 Å². The minimum atomic E-state index is -0.805. The molecule has 1 aliphatic rings. The molecular weight excluding hydrogens is 395 g/mol. The van der Waals surface area contributed by atoms with Crippen LogP contribution in [0.2, 0.25) is 0 Å². The molecule has 1 aromatic rings. The highest BCUT2D eigenvalue weighted by Crippen LogP contribution is 2.66. The van der Waals surface area contributed by atoms with Gasteiger partial charge < -0.3 is 5.11 Å². The number of carbonyl (C=O) groups is 1. The standard InChI is InChI=1S/C14H15Br2ClO2/c1-13(2)9(10(13)12(18)19)11(15)14(16,17)8-6-4-3-5-7-8/h3-7,9-11H,1-2H3,(H,18,19). The zero-order valence-corrected chi connectivity index (χ0v) is 14.5. The van der Waals surface area contributed by atoms with Gasteiger partial charge in [-0.1, -0.05) is 76.0 Å². The van der Waals surface area contributed by atoms with Crippen molar-refractivity contribution in [2.45, 2.75) is 22.5 Å². The largest absolute Gasteiger partial charge is 0.481 e. The number of aliphatic carboxylic acids is 1. The SMILES string of the molecule is CC1(C)C(C(=O)O)C1C(Br)C(Cl)(Br)c1ccccc1. The number of hydrogen-bond acceptors (Lipinski definition) is 1. The van der Waals surface area contributed by atoms with Crippen molar-refractivity contribution < 1.29 is 9.90 Å². The number of rotatable bonds is 4. The van der Waals surface area contributed by atoms with Gasteiger partial charge in [-0.2, -0.15) is 0 Å². The highest BCUT2D eigenvalue weighted by atomic mass is 79.9. The first-order valence-electron chi connectivity index (χ1n) is 6.01. The molecule has 1 saturated carbocycles. The second-order valence-corrected chi connectivity index (χ2v) is 8.84. The number of carboxylic acid groups (broad SMARTS) is 1. The number of carboxylic acids is 1. The third kappa shape index (κ3) is 2.59. The molecule has 104 valence electrons. The summed E-state index contributed by atoms with van der Waals surface area (Å²) in [5, 5.41) is 9.27. The molecule has 2 nitrogen and oxygen atoms in total. The van der Waals surface area contributed by atoms with Gasteiger partial charge in [0.2, 0.25) is 0 Å². The first-order valence-corrected chi connectivity index (χ1v) is 8.09. The van der Waals surface area contributed by atoms with E-state index < -0.39 is 9.75 Å². The summed E-state index contributed by atoms with van der Waals surface area (Å²) in [4.78, 5) is 11.1. The van der Waals surface area contributed by atoms with Crippen molar-refractivity contribution in [3.63, 3.8) is 0 Å². The Morgan fingerprint density at radius 2 is 1.95 bits per heavy atom. The van der Waals surface area contributed by atoms with Gasteiger partial charge in [-0.25, -0.2) is 0 Å². The third-order valence-corrected chi connectivity index (χ3v) is 7.54. The summed E-state index contributed by atoms with van der Waals surface area (Å²) < 4.78 is -0.805. The van der Waals surface area contributed by atoms with Crippen LogP contribution in [0.5, 0.6) is 0 Å². The number of halogens is 3. The molecule has 0 amide bonds. The van der Waals surface area contributed by atoms with Gasteiger partial charge in [-0.3, -0.25) is 4.79 Å². The summed E-state index contributed by atoms with van der Waals surface area (Å²) in [6.07, 6.45) is 0. The normalized spacial score (nSPS) is 29.3. The Kier molecular flexibility index (Phi) is 4.07. The van der Waals surface area contributed by atoms with Crippen LogP contribution in [-0.2, 0) is 8.58 Å². The second kappa shape index (κ2) is 5.05. The molecule has 0 aliphatic heterocycles. The Labute approximate surface area is 134 Å². The summed E-state index contributed by atoms with van der Waals surface area (Å²) in [5.74, 6) is -1.13. The van der Waals surface area contributed by atoms with Gasteiger partial charge in [-0.05, 0) is 16.9 Å². The Morgan fingerprint density at radius 3 is 2.37 bits per heavy atom. The average Bonchev–Trinajstić information content (AvgIpc) is 2.92. The minimum absolute atomic E-state index is 0.0120. The van der Waals surface area contributed by atoms with E-state index in [4.69, 9.17) is 11.6 Å². The zero-order valence-electron chi connectivity index (χ0n) is 10.6. The lowest BCUT2D eigenvalue weighted by molar-refractivity contribution is -0.139. The molecule has 19 heavy (non-hydrogen) atoms. The van der Waals surface area contributed by atoms with Crippen LogP contribution in [0, 0.1) is 17.3 Å². The number of hydrogen-bond donors (Lipinski definition) is 1. The maximum absolute atomic E-state index is 11.3. The summed E-state index contributed by atoms with van der Waals surface area (Å²) in [6.45, 7) is 3.94. The van der Waals surface area contributed by atoms with E-state index in [2.05, 4.69) is 31.9 Å². The monoisotopic (exact) mass is 408 g/mol. The lowest BCUT2D eigenvalue weighted by Gasteiger charge is -2.27. The molecule has 0 spiro atoms. The minimum Gasteiger partial charge on any atom is -0.481 e. The maximum Gasteiger partial charge on any atom is 0.307 e. The highest BCUT2D eigenvalue weighted by Gasteiger charge is 2.67. The summed E-state index contributed by atoms with van der Waals surface area (Å²) in [5.41, 5.74) is 0.674. The van der Waals surface area contributed by atoms with Crippen molar-refractivity contribution >= 4 is 49.4 Å². The molecule has 5 heteroatoms. The molecule has 1 fully saturated rings. The van der Waals surface area contributed by atoms with Crippen molar-refractivity contribution in [3.8, 4) is 0 Å². The van der Waals surface area contributed by atoms with Gasteiger partial charge in [-0.15, -0.1) is 11.6 Å². The predicted octanol–water partition coefficient (Wildman–Crippen LogP) is 4.59. The molecule has 2 rings (SSSR count). The molecule has 0 aromatic heterocycles. The van der Waals surface area contributed by atoms with Gasteiger partial charge in [0.1, 0.15) is 3.78 Å². The Balaban J connectivity index is 2.26. The van der Waals surface area contributed by atoms with Crippen LogP contribution in [0.15, 0.2) is 30.3 Å². The fourth-order valence-electron chi connectivity index (χ4n) is 2.74. The smallest absolute Gasteiger partial charge is 0.307 e. The van der Waals surface area contributed by atoms with Crippen molar-refractivity contribution in [2.75, 3.05) is 0 Å². The van der Waals surface area contributed by atoms with E-state index in [-0.39, 0.29) is 22.1 Å². The lowest BCUT2D eigenvalue weighted by atomic mass is 10.0. The fourth-order valence-corrected chi connectivity index (χ4v) is 4.80. The Bertz CT molecular complexity index is 487. The van der Waals surface area contributed by atoms with Crippen molar-refractivity contribution in [1.82, 2.24) is 0 Å². The predicted molar refractivity (Wildman–Crippen MR) is 84.0 cm³/mol. The van der Waals surface area contributed by atoms with E-state index in [0.717, 1.165) is 5.56 Å². The van der Waals surface area contributed by atoms with Crippen LogP contribution < -0.4 is 0 Å². The number of alkyl halides is 3. The van der Waals surface area contributed by atoms with Crippen molar-refractivity contribution in [2.24, 2.45) is 17.3 Å². The van der Waals surface area contributed by atoms with Crippen LogP contribution in [0.3, 0.4) is 0 Å². The van der Waals surface area contributed by atoms with Gasteiger partial charge in [0.25, 0.3) is 0 Å². The molecule has 4 unspecified atom stereocenters. The summed E-state index contributed by atoms with van der Waals surface area (Å²) >= 11 is 13.8. The molecule has 0 heterocycles. The highest BCUT2D eigenvalue weighted by molar-refractivity contribution is 9.12. The summed E-state index contributed by atoms with van der Waals surface area (Å²) in [7, 11) is 0. The van der Waals surface area contributed by atoms with Gasteiger partial charge in [0.15, 0.2) is 0 Å². The molecule has 0 saturated heterocycles. The van der Waals surface area contributed by atoms with E-state index in [1.807, 2.05) is 44.2 Å². The van der Waals surface area contributed by atoms with E-state index in [1.165, 1.54) is 0 Å². The topological polar surface area (TPSA) is 37.3 Å². The zero-order chi connectivity index (χ0) is 14.4. The molecular formula is C14H15Br2ClO2. The lowest BCUT2D eigenvalue weighted by Crippen LogP contribution is -2.27. The van der Waals surface area contributed by atoms with Crippen LogP contribution in [0.1, 0.15) is 19.4 Å². The average molecular weight is 411 g/mol. The van der Waals surface area contributed by atoms with Gasteiger partial charge in [0.05, 0.1) is 10.7 Å².